The predicted octanol–water partition coefficient (Wildman–Crippen LogP) is -0.249. The van der Waals surface area contributed by atoms with Crippen LogP contribution in [-0.4, -0.2) is 29.9 Å². The van der Waals surface area contributed by atoms with E-state index in [9.17, 15) is 9.59 Å². The Morgan fingerprint density at radius 2 is 2.42 bits per heavy atom. The number of aliphatic carboxylic acids is 1. The molecule has 2 atom stereocenters. The van der Waals surface area contributed by atoms with Gasteiger partial charge >= 0.3 is 11.9 Å². The van der Waals surface area contributed by atoms with Gasteiger partial charge in [-0.3, -0.25) is 9.59 Å². The molecule has 0 aromatic carbocycles. The van der Waals surface area contributed by atoms with E-state index in [2.05, 4.69) is 0 Å². The van der Waals surface area contributed by atoms with Gasteiger partial charge in [0, 0.05) is 6.42 Å². The first-order valence-corrected chi connectivity index (χ1v) is 3.71. The molecule has 0 aromatic heterocycles. The third kappa shape index (κ3) is 0.768. The maximum atomic E-state index is 11.1. The number of esters is 1. The minimum atomic E-state index is -1.42. The van der Waals surface area contributed by atoms with E-state index in [1.54, 1.807) is 0 Å². The molecule has 12 heavy (non-hydrogen) atoms. The highest BCUT2D eigenvalue weighted by molar-refractivity contribution is 6.00. The van der Waals surface area contributed by atoms with Gasteiger partial charge in [0.2, 0.25) is 6.29 Å². The molecular weight excluding hydrogens is 164 g/mol. The normalized spacial score (nSPS) is 39.3. The Hall–Kier alpha value is -1.10. The monoisotopic (exact) mass is 172 g/mol. The third-order valence-corrected chi connectivity index (χ3v) is 2.36. The minimum Gasteiger partial charge on any atom is -0.480 e. The van der Waals surface area contributed by atoms with Crippen molar-refractivity contribution in [2.24, 2.45) is 5.41 Å². The zero-order valence-corrected chi connectivity index (χ0v) is 6.28. The van der Waals surface area contributed by atoms with Crippen molar-refractivity contribution in [3.63, 3.8) is 0 Å². The molecule has 3 heterocycles. The average Bonchev–Trinajstić information content (AvgIpc) is 2.05. The number of ether oxygens (including phenoxy) is 2. The van der Waals surface area contributed by atoms with Crippen LogP contribution >= 0.6 is 0 Å². The molecule has 3 fully saturated rings. The molecule has 3 aliphatic rings. The summed E-state index contributed by atoms with van der Waals surface area (Å²) in [7, 11) is 0. The molecule has 0 amide bonds. The van der Waals surface area contributed by atoms with Gasteiger partial charge < -0.3 is 14.6 Å². The Labute approximate surface area is 68.3 Å². The van der Waals surface area contributed by atoms with Crippen LogP contribution < -0.4 is 0 Å². The van der Waals surface area contributed by atoms with Crippen LogP contribution in [0.4, 0.5) is 0 Å². The molecule has 2 unspecified atom stereocenters. The summed E-state index contributed by atoms with van der Waals surface area (Å²) >= 11 is 0. The fourth-order valence-corrected chi connectivity index (χ4v) is 1.50. The quantitative estimate of drug-likeness (QED) is 0.436. The Bertz CT molecular complexity index is 238. The van der Waals surface area contributed by atoms with Crippen molar-refractivity contribution in [2.45, 2.75) is 19.1 Å². The summed E-state index contributed by atoms with van der Waals surface area (Å²) in [6.45, 7) is -0.0498. The number of carboxylic acids is 1. The van der Waals surface area contributed by atoms with E-state index in [0.29, 0.717) is 12.8 Å². The molecule has 1 N–H and O–H groups in total. The van der Waals surface area contributed by atoms with Gasteiger partial charge in [-0.05, 0) is 6.42 Å². The largest absolute Gasteiger partial charge is 0.480 e. The highest BCUT2D eigenvalue weighted by Gasteiger charge is 2.56. The highest BCUT2D eigenvalue weighted by atomic mass is 16.7. The van der Waals surface area contributed by atoms with E-state index < -0.39 is 23.6 Å². The average molecular weight is 172 g/mol. The van der Waals surface area contributed by atoms with Gasteiger partial charge in [0.15, 0.2) is 5.41 Å². The van der Waals surface area contributed by atoms with Crippen LogP contribution in [0.5, 0.6) is 0 Å². The summed E-state index contributed by atoms with van der Waals surface area (Å²) in [5, 5.41) is 8.80. The number of carbonyl (C=O) groups excluding carboxylic acids is 1. The molecule has 0 radical (unpaired) electrons. The summed E-state index contributed by atoms with van der Waals surface area (Å²) < 4.78 is 9.70. The number of carboxylic acid groups (broad SMARTS) is 1. The Morgan fingerprint density at radius 1 is 1.67 bits per heavy atom. The van der Waals surface area contributed by atoms with Gasteiger partial charge in [-0.25, -0.2) is 0 Å². The maximum absolute atomic E-state index is 11.1. The van der Waals surface area contributed by atoms with Crippen molar-refractivity contribution in [1.82, 2.24) is 0 Å². The maximum Gasteiger partial charge on any atom is 0.328 e. The lowest BCUT2D eigenvalue weighted by Gasteiger charge is -2.40. The second kappa shape index (κ2) is 2.20. The van der Waals surface area contributed by atoms with E-state index in [0.717, 1.165) is 0 Å². The van der Waals surface area contributed by atoms with Gasteiger partial charge in [-0.15, -0.1) is 0 Å². The van der Waals surface area contributed by atoms with Crippen molar-refractivity contribution in [3.8, 4) is 0 Å². The van der Waals surface area contributed by atoms with Gasteiger partial charge in [-0.2, -0.15) is 0 Å². The molecule has 3 rings (SSSR count). The summed E-state index contributed by atoms with van der Waals surface area (Å²) in [6, 6.07) is 0. The summed E-state index contributed by atoms with van der Waals surface area (Å²) in [4.78, 5) is 21.9. The van der Waals surface area contributed by atoms with Crippen molar-refractivity contribution in [2.75, 3.05) is 6.61 Å². The predicted molar refractivity (Wildman–Crippen MR) is 35.1 cm³/mol. The highest BCUT2D eigenvalue weighted by Crippen LogP contribution is 2.38. The molecule has 0 aromatic rings. The summed E-state index contributed by atoms with van der Waals surface area (Å²) in [5.74, 6) is -1.80. The first-order chi connectivity index (χ1) is 5.65. The fourth-order valence-electron chi connectivity index (χ4n) is 1.50. The molecule has 2 bridgehead atoms. The molecule has 0 saturated carbocycles. The van der Waals surface area contributed by atoms with Gasteiger partial charge in [0.05, 0.1) is 6.61 Å². The number of hydrogen-bond donors (Lipinski definition) is 1. The van der Waals surface area contributed by atoms with E-state index in [1.165, 1.54) is 0 Å². The topological polar surface area (TPSA) is 72.8 Å². The smallest absolute Gasteiger partial charge is 0.328 e. The second-order valence-electron chi connectivity index (χ2n) is 3.07. The Kier molecular flexibility index (Phi) is 1.38. The molecule has 5 nitrogen and oxygen atoms in total. The van der Waals surface area contributed by atoms with Crippen LogP contribution in [0.3, 0.4) is 0 Å². The van der Waals surface area contributed by atoms with Crippen molar-refractivity contribution in [1.29, 1.82) is 0 Å². The SMILES string of the molecule is O=C(O)C12CCC(OC1)OC2=O. The molecule has 0 aliphatic carbocycles. The van der Waals surface area contributed by atoms with E-state index in [4.69, 9.17) is 14.6 Å². The van der Waals surface area contributed by atoms with Crippen LogP contribution in [0, 0.1) is 5.41 Å². The van der Waals surface area contributed by atoms with E-state index in [-0.39, 0.29) is 6.61 Å². The fraction of sp³-hybridized carbons (Fsp3) is 0.714. The zero-order valence-electron chi connectivity index (χ0n) is 6.28. The molecule has 0 spiro atoms. The van der Waals surface area contributed by atoms with Gasteiger partial charge in [0.25, 0.3) is 0 Å². The van der Waals surface area contributed by atoms with Crippen LogP contribution in [0.25, 0.3) is 0 Å². The van der Waals surface area contributed by atoms with Crippen LogP contribution in [0.1, 0.15) is 12.8 Å². The number of hydrogen-bond acceptors (Lipinski definition) is 4. The van der Waals surface area contributed by atoms with Gasteiger partial charge in [0.1, 0.15) is 0 Å². The summed E-state index contributed by atoms with van der Waals surface area (Å²) in [6.07, 6.45) is 0.294. The van der Waals surface area contributed by atoms with E-state index >= 15 is 0 Å². The Morgan fingerprint density at radius 3 is 2.75 bits per heavy atom. The second-order valence-corrected chi connectivity index (χ2v) is 3.07. The van der Waals surface area contributed by atoms with Crippen LogP contribution in [0.2, 0.25) is 0 Å². The lowest BCUT2D eigenvalue weighted by molar-refractivity contribution is -0.251. The molecule has 3 saturated heterocycles. The number of carbonyl (C=O) groups is 2. The third-order valence-electron chi connectivity index (χ3n) is 2.36. The molecular formula is C7H8O5. The Balaban J connectivity index is 2.32. The lowest BCUT2D eigenvalue weighted by atomic mass is 9.80. The van der Waals surface area contributed by atoms with Crippen molar-refractivity contribution in [3.05, 3.63) is 0 Å². The summed E-state index contributed by atoms with van der Waals surface area (Å²) in [5.41, 5.74) is -1.42. The standard InChI is InChI=1S/C7H8O5/c8-5(9)7-2-1-4(11-3-7)12-6(7)10/h4H,1-3H2,(H,8,9). The van der Waals surface area contributed by atoms with Crippen molar-refractivity contribution >= 4 is 11.9 Å². The first kappa shape index (κ1) is 7.54. The van der Waals surface area contributed by atoms with Crippen molar-refractivity contribution < 1.29 is 24.2 Å². The van der Waals surface area contributed by atoms with E-state index in [1.807, 2.05) is 0 Å². The number of fused-ring (bicyclic) bond motifs is 3. The first-order valence-electron chi connectivity index (χ1n) is 3.71. The lowest BCUT2D eigenvalue weighted by Crippen LogP contribution is -2.55. The number of rotatable bonds is 1. The molecule has 3 aliphatic heterocycles. The minimum absolute atomic E-state index is 0.0498. The zero-order chi connectivity index (χ0) is 8.77. The molecule has 66 valence electrons. The van der Waals surface area contributed by atoms with Crippen LogP contribution in [-0.2, 0) is 19.1 Å². The molecule has 5 heteroatoms. The van der Waals surface area contributed by atoms with Gasteiger partial charge in [-0.1, -0.05) is 0 Å². The van der Waals surface area contributed by atoms with Crippen LogP contribution in [0.15, 0.2) is 0 Å².